The number of halogens is 4. The van der Waals surface area contributed by atoms with E-state index in [-0.39, 0.29) is 47.8 Å². The number of para-hydroxylation sites is 1. The third-order valence-electron chi connectivity index (χ3n) is 2.36. The minimum atomic E-state index is -4.70. The second-order valence-electron chi connectivity index (χ2n) is 5.55. The molecule has 8 heteroatoms. The predicted molar refractivity (Wildman–Crippen MR) is 91.6 cm³/mol. The second-order valence-corrected chi connectivity index (χ2v) is 5.55. The van der Waals surface area contributed by atoms with Crippen molar-refractivity contribution in [3.05, 3.63) is 29.8 Å². The quantitative estimate of drug-likeness (QED) is 0.436. The Morgan fingerprint density at radius 2 is 1.82 bits per heavy atom. The van der Waals surface area contributed by atoms with Gasteiger partial charge in [0, 0.05) is 12.1 Å². The molecular weight excluding hydrogens is 410 g/mol. The first-order valence-corrected chi connectivity index (χ1v) is 6.48. The molecule has 0 spiro atoms. The molecule has 1 rings (SSSR count). The summed E-state index contributed by atoms with van der Waals surface area (Å²) >= 11 is 0. The first-order chi connectivity index (χ1) is 9.57. The van der Waals surface area contributed by atoms with Gasteiger partial charge in [0.1, 0.15) is 5.75 Å². The van der Waals surface area contributed by atoms with Gasteiger partial charge in [-0.25, -0.2) is 0 Å². The van der Waals surface area contributed by atoms with Gasteiger partial charge < -0.3 is 15.8 Å². The van der Waals surface area contributed by atoms with Crippen molar-refractivity contribution >= 4 is 29.9 Å². The van der Waals surface area contributed by atoms with E-state index >= 15 is 0 Å². The molecule has 0 radical (unpaired) electrons. The SMILES string of the molecule is CC(C)(C)NC(N)=NCCc1ccccc1OC(F)(F)F.I. The monoisotopic (exact) mass is 431 g/mol. The Balaban J connectivity index is 0.00000441. The molecule has 22 heavy (non-hydrogen) atoms. The molecule has 0 saturated heterocycles. The van der Waals surface area contributed by atoms with E-state index in [0.717, 1.165) is 0 Å². The van der Waals surface area contributed by atoms with Gasteiger partial charge in [-0.3, -0.25) is 4.99 Å². The highest BCUT2D eigenvalue weighted by Gasteiger charge is 2.31. The molecule has 0 aliphatic heterocycles. The smallest absolute Gasteiger partial charge is 0.406 e. The Kier molecular flexibility index (Phi) is 7.99. The number of ether oxygens (including phenoxy) is 1. The van der Waals surface area contributed by atoms with Gasteiger partial charge in [-0.05, 0) is 38.8 Å². The van der Waals surface area contributed by atoms with Crippen LogP contribution in [0.5, 0.6) is 5.75 Å². The number of guanidine groups is 1. The summed E-state index contributed by atoms with van der Waals surface area (Å²) in [6.45, 7) is 6.07. The largest absolute Gasteiger partial charge is 0.573 e. The van der Waals surface area contributed by atoms with E-state index in [9.17, 15) is 13.2 Å². The lowest BCUT2D eigenvalue weighted by Gasteiger charge is -2.21. The van der Waals surface area contributed by atoms with Crippen molar-refractivity contribution in [2.24, 2.45) is 10.7 Å². The lowest BCUT2D eigenvalue weighted by Crippen LogP contribution is -2.45. The summed E-state index contributed by atoms with van der Waals surface area (Å²) in [5.41, 5.74) is 5.91. The molecule has 0 atom stereocenters. The molecule has 0 fully saturated rings. The topological polar surface area (TPSA) is 59.6 Å². The summed E-state index contributed by atoms with van der Waals surface area (Å²) in [6, 6.07) is 6.00. The molecule has 1 aromatic rings. The maximum atomic E-state index is 12.3. The van der Waals surface area contributed by atoms with Crippen molar-refractivity contribution in [2.75, 3.05) is 6.54 Å². The number of benzene rings is 1. The van der Waals surface area contributed by atoms with Crippen LogP contribution >= 0.6 is 24.0 Å². The van der Waals surface area contributed by atoms with Crippen molar-refractivity contribution < 1.29 is 17.9 Å². The molecule has 126 valence electrons. The summed E-state index contributed by atoms with van der Waals surface area (Å²) in [7, 11) is 0. The fourth-order valence-electron chi connectivity index (χ4n) is 1.66. The molecule has 0 aliphatic rings. The Labute approximate surface area is 145 Å². The lowest BCUT2D eigenvalue weighted by atomic mass is 10.1. The number of nitrogens with two attached hydrogens (primary N) is 1. The average Bonchev–Trinajstić information content (AvgIpc) is 2.27. The fraction of sp³-hybridized carbons (Fsp3) is 0.500. The average molecular weight is 431 g/mol. The van der Waals surface area contributed by atoms with Gasteiger partial charge in [0.05, 0.1) is 0 Å². The molecule has 1 aromatic carbocycles. The molecule has 0 bridgehead atoms. The number of nitrogens with one attached hydrogen (secondary N) is 1. The minimum absolute atomic E-state index is 0. The second kappa shape index (κ2) is 8.44. The maximum Gasteiger partial charge on any atom is 0.573 e. The zero-order valence-corrected chi connectivity index (χ0v) is 15.0. The van der Waals surface area contributed by atoms with Crippen LogP contribution in [0.3, 0.4) is 0 Å². The highest BCUT2D eigenvalue weighted by atomic mass is 127. The normalized spacial score (nSPS) is 12.5. The van der Waals surface area contributed by atoms with Crippen LogP contribution < -0.4 is 15.8 Å². The maximum absolute atomic E-state index is 12.3. The number of alkyl halides is 3. The molecule has 0 amide bonds. The molecule has 3 N–H and O–H groups in total. The lowest BCUT2D eigenvalue weighted by molar-refractivity contribution is -0.274. The number of aliphatic imine (C=N–C) groups is 1. The van der Waals surface area contributed by atoms with Crippen molar-refractivity contribution in [1.82, 2.24) is 5.32 Å². The molecule has 0 aliphatic carbocycles. The van der Waals surface area contributed by atoms with Gasteiger partial charge in [-0.1, -0.05) is 18.2 Å². The van der Waals surface area contributed by atoms with E-state index in [0.29, 0.717) is 12.0 Å². The molecule has 4 nitrogen and oxygen atoms in total. The Morgan fingerprint density at radius 1 is 1.23 bits per heavy atom. The van der Waals surface area contributed by atoms with Gasteiger partial charge in [0.2, 0.25) is 0 Å². The van der Waals surface area contributed by atoms with Crippen molar-refractivity contribution in [3.63, 3.8) is 0 Å². The van der Waals surface area contributed by atoms with Gasteiger partial charge in [0.25, 0.3) is 0 Å². The van der Waals surface area contributed by atoms with E-state index in [2.05, 4.69) is 15.0 Å². The van der Waals surface area contributed by atoms with Crippen LogP contribution in [0.1, 0.15) is 26.3 Å². The van der Waals surface area contributed by atoms with Crippen LogP contribution in [0.15, 0.2) is 29.3 Å². The highest BCUT2D eigenvalue weighted by molar-refractivity contribution is 14.0. The summed E-state index contributed by atoms with van der Waals surface area (Å²) in [5.74, 6) is 0.0549. The van der Waals surface area contributed by atoms with Crippen molar-refractivity contribution in [1.29, 1.82) is 0 Å². The van der Waals surface area contributed by atoms with E-state index in [1.165, 1.54) is 12.1 Å². The van der Waals surface area contributed by atoms with Crippen LogP contribution in [0.2, 0.25) is 0 Å². The zero-order valence-electron chi connectivity index (χ0n) is 12.7. The standard InChI is InChI=1S/C14H20F3N3O.HI/c1-13(2,3)20-12(18)19-9-8-10-6-4-5-7-11(10)21-14(15,16)17;/h4-7H,8-9H2,1-3H3,(H3,18,19,20);1H. The molecule has 0 unspecified atom stereocenters. The highest BCUT2D eigenvalue weighted by Crippen LogP contribution is 2.26. The minimum Gasteiger partial charge on any atom is -0.406 e. The van der Waals surface area contributed by atoms with Gasteiger partial charge >= 0.3 is 6.36 Å². The Morgan fingerprint density at radius 3 is 2.36 bits per heavy atom. The number of hydrogen-bond acceptors (Lipinski definition) is 2. The third kappa shape index (κ3) is 8.96. The van der Waals surface area contributed by atoms with Crippen LogP contribution in [0.25, 0.3) is 0 Å². The van der Waals surface area contributed by atoms with Crippen LogP contribution in [0, 0.1) is 0 Å². The van der Waals surface area contributed by atoms with E-state index in [4.69, 9.17) is 5.73 Å². The van der Waals surface area contributed by atoms with E-state index in [1.807, 2.05) is 20.8 Å². The first-order valence-electron chi connectivity index (χ1n) is 6.48. The third-order valence-corrected chi connectivity index (χ3v) is 2.36. The molecule has 0 aromatic heterocycles. The van der Waals surface area contributed by atoms with E-state index < -0.39 is 6.36 Å². The summed E-state index contributed by atoms with van der Waals surface area (Å²) < 4.78 is 40.8. The van der Waals surface area contributed by atoms with Crippen LogP contribution in [0.4, 0.5) is 13.2 Å². The number of rotatable bonds is 4. The predicted octanol–water partition coefficient (Wildman–Crippen LogP) is 3.45. The van der Waals surface area contributed by atoms with Gasteiger partial charge in [-0.2, -0.15) is 0 Å². The Hall–Kier alpha value is -1.19. The van der Waals surface area contributed by atoms with Gasteiger partial charge in [0.15, 0.2) is 5.96 Å². The molecular formula is C14H21F3IN3O. The molecule has 0 saturated carbocycles. The van der Waals surface area contributed by atoms with Crippen molar-refractivity contribution in [2.45, 2.75) is 39.1 Å². The fourth-order valence-corrected chi connectivity index (χ4v) is 1.66. The summed E-state index contributed by atoms with van der Waals surface area (Å²) in [4.78, 5) is 4.09. The molecule has 0 heterocycles. The first kappa shape index (κ1) is 20.8. The van der Waals surface area contributed by atoms with Crippen LogP contribution in [-0.2, 0) is 6.42 Å². The van der Waals surface area contributed by atoms with Crippen molar-refractivity contribution in [3.8, 4) is 5.75 Å². The zero-order chi connectivity index (χ0) is 16.1. The van der Waals surface area contributed by atoms with Crippen LogP contribution in [-0.4, -0.2) is 24.4 Å². The Bertz CT molecular complexity index is 499. The van der Waals surface area contributed by atoms with Gasteiger partial charge in [-0.15, -0.1) is 37.1 Å². The van der Waals surface area contributed by atoms with E-state index in [1.54, 1.807) is 12.1 Å². The summed E-state index contributed by atoms with van der Waals surface area (Å²) in [5, 5.41) is 2.97. The summed E-state index contributed by atoms with van der Waals surface area (Å²) in [6.07, 6.45) is -4.40. The number of nitrogens with zero attached hydrogens (tertiary/aromatic N) is 1. The number of hydrogen-bond donors (Lipinski definition) is 2.